The lowest BCUT2D eigenvalue weighted by molar-refractivity contribution is -0.134. The van der Waals surface area contributed by atoms with Crippen LogP contribution >= 0.6 is 22.6 Å². The maximum atomic E-state index is 13.0. The van der Waals surface area contributed by atoms with Gasteiger partial charge in [0, 0.05) is 38.3 Å². The minimum Gasteiger partial charge on any atom is -0.482 e. The van der Waals surface area contributed by atoms with E-state index in [9.17, 15) is 14.7 Å². The fourth-order valence-electron chi connectivity index (χ4n) is 3.43. The molecular weight excluding hydrogens is 527 g/mol. The monoisotopic (exact) mass is 558 g/mol. The van der Waals surface area contributed by atoms with Gasteiger partial charge in [0.15, 0.2) is 0 Å². The summed E-state index contributed by atoms with van der Waals surface area (Å²) in [6, 6.07) is 6.67. The van der Waals surface area contributed by atoms with Gasteiger partial charge in [-0.1, -0.05) is 17.7 Å². The highest BCUT2D eigenvalue weighted by atomic mass is 127. The van der Waals surface area contributed by atoms with Crippen LogP contribution in [0.5, 0.6) is 5.75 Å². The van der Waals surface area contributed by atoms with Gasteiger partial charge in [-0.2, -0.15) is 0 Å². The van der Waals surface area contributed by atoms with Crippen LogP contribution in [-0.4, -0.2) is 78.6 Å². The number of carbonyl (C=O) groups is 2. The van der Waals surface area contributed by atoms with Crippen LogP contribution < -0.4 is 10.1 Å². The highest BCUT2D eigenvalue weighted by molar-refractivity contribution is 14.1. The lowest BCUT2D eigenvalue weighted by atomic mass is 9.88. The number of aliphatic hydroxyl groups is 2. The van der Waals surface area contributed by atoms with Crippen molar-refractivity contribution in [2.24, 2.45) is 0 Å². The highest BCUT2D eigenvalue weighted by Gasteiger charge is 2.40. The predicted molar refractivity (Wildman–Crippen MR) is 129 cm³/mol. The van der Waals surface area contributed by atoms with E-state index in [4.69, 9.17) is 14.6 Å². The van der Waals surface area contributed by atoms with Gasteiger partial charge < -0.3 is 29.9 Å². The highest BCUT2D eigenvalue weighted by Crippen LogP contribution is 2.29. The Balaban J connectivity index is 2.41. The number of carbonyl (C=O) groups excluding carboxylic acids is 2. The third-order valence-electron chi connectivity index (χ3n) is 4.95. The minimum absolute atomic E-state index is 0.107. The first kappa shape index (κ1) is 26.3. The maximum absolute atomic E-state index is 13.0. The Kier molecular flexibility index (Phi) is 10.6. The van der Waals surface area contributed by atoms with Crippen LogP contribution in [0, 0.1) is 3.57 Å². The summed E-state index contributed by atoms with van der Waals surface area (Å²) >= 11 is 2.14. The van der Waals surface area contributed by atoms with Crippen molar-refractivity contribution in [2.75, 3.05) is 33.4 Å². The van der Waals surface area contributed by atoms with Crippen molar-refractivity contribution >= 4 is 34.4 Å². The molecule has 0 saturated heterocycles. The zero-order chi connectivity index (χ0) is 23.7. The molecule has 1 aliphatic rings. The smallest absolute Gasteiger partial charge is 0.247 e. The number of para-hydroxylation sites is 1. The van der Waals surface area contributed by atoms with Crippen LogP contribution in [0.2, 0.25) is 0 Å². The number of amides is 2. The first-order chi connectivity index (χ1) is 15.3. The van der Waals surface area contributed by atoms with Gasteiger partial charge in [0.1, 0.15) is 18.0 Å². The van der Waals surface area contributed by atoms with Crippen LogP contribution in [0.3, 0.4) is 0 Å². The number of nitrogens with one attached hydrogen (secondary N) is 1. The van der Waals surface area contributed by atoms with Crippen LogP contribution in [0.25, 0.3) is 0 Å². The van der Waals surface area contributed by atoms with E-state index < -0.39 is 18.2 Å². The second-order valence-corrected chi connectivity index (χ2v) is 8.85. The molecule has 176 valence electrons. The van der Waals surface area contributed by atoms with E-state index in [1.165, 1.54) is 18.1 Å². The largest absolute Gasteiger partial charge is 0.482 e. The molecule has 0 fully saturated rings. The lowest BCUT2D eigenvalue weighted by Crippen LogP contribution is -2.55. The molecule has 0 aromatic heterocycles. The molecule has 1 aromatic rings. The summed E-state index contributed by atoms with van der Waals surface area (Å²) < 4.78 is 12.1. The standard InChI is InChI=1S/C23H31IN2O6/c1-15(2)12-21(28)26(9-11-31-3)18-13-16(23(30)25-8-10-27)14-20(22(18)29)32-19-7-5-4-6-17(19)24/h4-7,12,14,18,20,22,27,29H,8-11,13H2,1-3H3,(H,25,30). The Morgan fingerprint density at radius 2 is 2.03 bits per heavy atom. The molecule has 9 heteroatoms. The second kappa shape index (κ2) is 12.9. The first-order valence-electron chi connectivity index (χ1n) is 10.4. The van der Waals surface area contributed by atoms with E-state index in [0.717, 1.165) is 9.14 Å². The predicted octanol–water partition coefficient (Wildman–Crippen LogP) is 1.65. The van der Waals surface area contributed by atoms with Gasteiger partial charge in [-0.25, -0.2) is 0 Å². The Labute approximate surface area is 202 Å². The molecule has 1 aromatic carbocycles. The summed E-state index contributed by atoms with van der Waals surface area (Å²) in [7, 11) is 1.54. The number of halogens is 1. The normalized spacial score (nSPS) is 20.2. The van der Waals surface area contributed by atoms with E-state index >= 15 is 0 Å². The zero-order valence-corrected chi connectivity index (χ0v) is 20.7. The van der Waals surface area contributed by atoms with E-state index in [-0.39, 0.29) is 44.5 Å². The molecule has 2 amide bonds. The quantitative estimate of drug-likeness (QED) is 0.298. The van der Waals surface area contributed by atoms with Gasteiger partial charge in [-0.15, -0.1) is 0 Å². The second-order valence-electron chi connectivity index (χ2n) is 7.69. The maximum Gasteiger partial charge on any atom is 0.247 e. The molecular formula is C23H31IN2O6. The Morgan fingerprint density at radius 3 is 2.66 bits per heavy atom. The van der Waals surface area contributed by atoms with Gasteiger partial charge in [0.05, 0.1) is 22.8 Å². The summed E-state index contributed by atoms with van der Waals surface area (Å²) in [4.78, 5) is 27.2. The van der Waals surface area contributed by atoms with Crippen LogP contribution in [-0.2, 0) is 14.3 Å². The third kappa shape index (κ3) is 7.29. The molecule has 3 N–H and O–H groups in total. The number of hydrogen-bond donors (Lipinski definition) is 3. The average molecular weight is 558 g/mol. The zero-order valence-electron chi connectivity index (χ0n) is 18.6. The fourth-order valence-corrected chi connectivity index (χ4v) is 3.94. The third-order valence-corrected chi connectivity index (χ3v) is 5.84. The number of benzene rings is 1. The summed E-state index contributed by atoms with van der Waals surface area (Å²) in [5, 5.41) is 22.9. The Bertz CT molecular complexity index is 853. The summed E-state index contributed by atoms with van der Waals surface area (Å²) in [5.41, 5.74) is 1.21. The van der Waals surface area contributed by atoms with Crippen LogP contribution in [0.15, 0.2) is 47.6 Å². The molecule has 8 nitrogen and oxygen atoms in total. The molecule has 32 heavy (non-hydrogen) atoms. The number of rotatable bonds is 10. The molecule has 0 aliphatic heterocycles. The summed E-state index contributed by atoms with van der Waals surface area (Å²) in [5.74, 6) is -0.0620. The number of aliphatic hydroxyl groups excluding tert-OH is 2. The summed E-state index contributed by atoms with van der Waals surface area (Å²) in [6.45, 7) is 4.09. The number of allylic oxidation sites excluding steroid dienone is 1. The van der Waals surface area contributed by atoms with Gasteiger partial charge in [0.25, 0.3) is 0 Å². The van der Waals surface area contributed by atoms with Crippen LogP contribution in [0.1, 0.15) is 20.3 Å². The lowest BCUT2D eigenvalue weighted by Gasteiger charge is -2.40. The molecule has 0 radical (unpaired) electrons. The number of hydrogen-bond acceptors (Lipinski definition) is 6. The number of ether oxygens (including phenoxy) is 2. The van der Waals surface area contributed by atoms with E-state index in [2.05, 4.69) is 27.9 Å². The topological polar surface area (TPSA) is 108 Å². The van der Waals surface area contributed by atoms with Gasteiger partial charge in [-0.05, 0) is 54.6 Å². The first-order valence-corrected chi connectivity index (χ1v) is 11.5. The van der Waals surface area contributed by atoms with Gasteiger partial charge >= 0.3 is 0 Å². The van der Waals surface area contributed by atoms with Crippen molar-refractivity contribution < 1.29 is 29.3 Å². The van der Waals surface area contributed by atoms with Crippen molar-refractivity contribution in [3.8, 4) is 5.75 Å². The van der Waals surface area contributed by atoms with Gasteiger partial charge in [0.2, 0.25) is 11.8 Å². The Morgan fingerprint density at radius 1 is 1.31 bits per heavy atom. The van der Waals surface area contributed by atoms with Gasteiger partial charge in [-0.3, -0.25) is 9.59 Å². The molecule has 0 saturated carbocycles. The fraction of sp³-hybridized carbons (Fsp3) is 0.478. The van der Waals surface area contributed by atoms with E-state index in [0.29, 0.717) is 11.3 Å². The van der Waals surface area contributed by atoms with Crippen molar-refractivity contribution in [1.82, 2.24) is 10.2 Å². The molecule has 3 unspecified atom stereocenters. The molecule has 0 spiro atoms. The van der Waals surface area contributed by atoms with Crippen molar-refractivity contribution in [3.63, 3.8) is 0 Å². The average Bonchev–Trinajstić information content (AvgIpc) is 2.75. The summed E-state index contributed by atoms with van der Waals surface area (Å²) in [6.07, 6.45) is 1.34. The molecule has 1 aliphatic carbocycles. The molecule has 0 heterocycles. The van der Waals surface area contributed by atoms with E-state index in [1.807, 2.05) is 32.0 Å². The molecule has 2 rings (SSSR count). The van der Waals surface area contributed by atoms with Crippen molar-refractivity contribution in [1.29, 1.82) is 0 Å². The number of nitrogens with zero attached hydrogens (tertiary/aromatic N) is 1. The Hall–Kier alpha value is -1.95. The molecule has 3 atom stereocenters. The minimum atomic E-state index is -1.06. The molecule has 0 bridgehead atoms. The number of methoxy groups -OCH3 is 1. The van der Waals surface area contributed by atoms with Crippen molar-refractivity contribution in [3.05, 3.63) is 51.1 Å². The SMILES string of the molecule is COCCN(C(=O)C=C(C)C)C1CC(C(=O)NCCO)=CC(Oc2ccccc2I)C1O. The van der Waals surface area contributed by atoms with E-state index in [1.54, 1.807) is 12.1 Å². The van der Waals surface area contributed by atoms with Crippen molar-refractivity contribution in [2.45, 2.75) is 38.5 Å². The van der Waals surface area contributed by atoms with Crippen LogP contribution in [0.4, 0.5) is 0 Å².